The lowest BCUT2D eigenvalue weighted by Gasteiger charge is -2.24. The summed E-state index contributed by atoms with van der Waals surface area (Å²) in [6.07, 6.45) is 0.196. The highest BCUT2D eigenvalue weighted by Gasteiger charge is 2.30. The Balaban J connectivity index is 1.85. The Hall–Kier alpha value is -1.74. The molecule has 0 spiro atoms. The van der Waals surface area contributed by atoms with Crippen LogP contribution in [0.2, 0.25) is 0 Å². The van der Waals surface area contributed by atoms with E-state index in [0.29, 0.717) is 25.9 Å². The van der Waals surface area contributed by atoms with Gasteiger partial charge in [-0.05, 0) is 43.0 Å². The Bertz CT molecular complexity index is 741. The van der Waals surface area contributed by atoms with Gasteiger partial charge >= 0.3 is 0 Å². The first-order valence-electron chi connectivity index (χ1n) is 7.76. The molecule has 4 N–H and O–H groups in total. The van der Waals surface area contributed by atoms with E-state index >= 15 is 0 Å². The van der Waals surface area contributed by atoms with Crippen LogP contribution in [-0.4, -0.2) is 43.8 Å². The third kappa shape index (κ3) is 4.21. The molecule has 1 aliphatic rings. The lowest BCUT2D eigenvalue weighted by atomic mass is 10.1. The number of hydrogen-bond acceptors (Lipinski definition) is 5. The van der Waals surface area contributed by atoms with E-state index in [-0.39, 0.29) is 10.8 Å². The number of aliphatic hydroxyl groups is 1. The smallest absolute Gasteiger partial charge is 0.253 e. The predicted molar refractivity (Wildman–Crippen MR) is 90.2 cm³/mol. The molecule has 2 rings (SSSR count). The Labute approximate surface area is 142 Å². The van der Waals surface area contributed by atoms with Gasteiger partial charge in [0.1, 0.15) is 0 Å². The zero-order valence-electron chi connectivity index (χ0n) is 13.8. The van der Waals surface area contributed by atoms with Crippen LogP contribution in [0.1, 0.15) is 25.8 Å². The van der Waals surface area contributed by atoms with E-state index in [1.807, 2.05) is 13.8 Å². The summed E-state index contributed by atoms with van der Waals surface area (Å²) >= 11 is 0. The lowest BCUT2D eigenvalue weighted by molar-refractivity contribution is -0.136. The molecule has 1 heterocycles. The number of amides is 1. The molecule has 1 amide bonds. The van der Waals surface area contributed by atoms with Crippen molar-refractivity contribution >= 4 is 15.9 Å². The van der Waals surface area contributed by atoms with Crippen LogP contribution in [0.4, 0.5) is 0 Å². The standard InChI is InChI=1S/C16H23N3O4S/c1-3-14-11(2)10-19(15(14)20)16(21)18-9-8-12-4-6-13(7-5-12)24(17,22)23/h4-7,16,18,21H,3,8-10H2,1-2H3,(H2,17,22,23)/t16-/m1/s1. The summed E-state index contributed by atoms with van der Waals surface area (Å²) in [5, 5.41) is 18.1. The minimum absolute atomic E-state index is 0.0653. The van der Waals surface area contributed by atoms with Gasteiger partial charge in [-0.2, -0.15) is 0 Å². The summed E-state index contributed by atoms with van der Waals surface area (Å²) in [5.41, 5.74) is 2.65. The topological polar surface area (TPSA) is 113 Å². The number of benzene rings is 1. The van der Waals surface area contributed by atoms with Crippen molar-refractivity contribution in [3.8, 4) is 0 Å². The van der Waals surface area contributed by atoms with Crippen LogP contribution in [0.5, 0.6) is 0 Å². The maximum absolute atomic E-state index is 12.2. The lowest BCUT2D eigenvalue weighted by Crippen LogP contribution is -2.47. The first-order valence-corrected chi connectivity index (χ1v) is 9.31. The highest BCUT2D eigenvalue weighted by molar-refractivity contribution is 7.89. The van der Waals surface area contributed by atoms with Crippen molar-refractivity contribution in [1.82, 2.24) is 10.2 Å². The second-order valence-electron chi connectivity index (χ2n) is 5.81. The van der Waals surface area contributed by atoms with Crippen molar-refractivity contribution < 1.29 is 18.3 Å². The van der Waals surface area contributed by atoms with Crippen LogP contribution >= 0.6 is 0 Å². The number of sulfonamides is 1. The van der Waals surface area contributed by atoms with Crippen LogP contribution in [0.25, 0.3) is 0 Å². The number of carbonyl (C=O) groups excluding carboxylic acids is 1. The average molecular weight is 353 g/mol. The molecule has 7 nitrogen and oxygen atoms in total. The first kappa shape index (κ1) is 18.6. The van der Waals surface area contributed by atoms with Crippen molar-refractivity contribution in [3.05, 3.63) is 41.0 Å². The number of nitrogens with zero attached hydrogens (tertiary/aromatic N) is 1. The molecular formula is C16H23N3O4S. The number of nitrogens with one attached hydrogen (secondary N) is 1. The minimum atomic E-state index is -3.69. The molecule has 0 aromatic heterocycles. The van der Waals surface area contributed by atoms with Crippen LogP contribution in [0.3, 0.4) is 0 Å². The maximum atomic E-state index is 12.2. The number of rotatable bonds is 7. The van der Waals surface area contributed by atoms with E-state index < -0.39 is 16.4 Å². The fourth-order valence-corrected chi connectivity index (χ4v) is 3.25. The van der Waals surface area contributed by atoms with E-state index in [4.69, 9.17) is 5.14 Å². The number of carbonyl (C=O) groups is 1. The summed E-state index contributed by atoms with van der Waals surface area (Å²) < 4.78 is 22.4. The molecule has 0 unspecified atom stereocenters. The fourth-order valence-electron chi connectivity index (χ4n) is 2.73. The zero-order valence-corrected chi connectivity index (χ0v) is 14.6. The zero-order chi connectivity index (χ0) is 17.9. The number of hydrogen-bond donors (Lipinski definition) is 3. The molecule has 0 radical (unpaired) electrons. The van der Waals surface area contributed by atoms with Gasteiger partial charge in [-0.15, -0.1) is 0 Å². The summed E-state index contributed by atoms with van der Waals surface area (Å²) in [6.45, 7) is 4.70. The van der Waals surface area contributed by atoms with Gasteiger partial charge in [0, 0.05) is 18.7 Å². The summed E-state index contributed by atoms with van der Waals surface area (Å²) in [7, 11) is -3.69. The van der Waals surface area contributed by atoms with Gasteiger partial charge in [-0.1, -0.05) is 19.1 Å². The second kappa shape index (κ2) is 7.43. The fraction of sp³-hybridized carbons (Fsp3) is 0.438. The third-order valence-corrected chi connectivity index (χ3v) is 5.01. The molecular weight excluding hydrogens is 330 g/mol. The Morgan fingerprint density at radius 1 is 1.33 bits per heavy atom. The van der Waals surface area contributed by atoms with Crippen LogP contribution in [-0.2, 0) is 21.2 Å². The molecule has 0 aliphatic carbocycles. The quantitative estimate of drug-likeness (QED) is 0.611. The van der Waals surface area contributed by atoms with Gasteiger partial charge in [-0.25, -0.2) is 13.6 Å². The monoisotopic (exact) mass is 353 g/mol. The van der Waals surface area contributed by atoms with Crippen molar-refractivity contribution in [2.75, 3.05) is 13.1 Å². The number of aliphatic hydroxyl groups excluding tert-OH is 1. The third-order valence-electron chi connectivity index (χ3n) is 4.08. The summed E-state index contributed by atoms with van der Waals surface area (Å²) in [5.74, 6) is -0.132. The van der Waals surface area contributed by atoms with Crippen molar-refractivity contribution in [2.45, 2.75) is 37.9 Å². The molecule has 24 heavy (non-hydrogen) atoms. The molecule has 0 saturated carbocycles. The normalized spacial score (nSPS) is 16.8. The molecule has 0 bridgehead atoms. The van der Waals surface area contributed by atoms with Gasteiger partial charge in [0.05, 0.1) is 4.90 Å². The van der Waals surface area contributed by atoms with Crippen LogP contribution < -0.4 is 10.5 Å². The Morgan fingerprint density at radius 3 is 2.46 bits per heavy atom. The average Bonchev–Trinajstić information content (AvgIpc) is 2.81. The van der Waals surface area contributed by atoms with Crippen LogP contribution in [0, 0.1) is 0 Å². The van der Waals surface area contributed by atoms with E-state index in [1.165, 1.54) is 17.0 Å². The van der Waals surface area contributed by atoms with E-state index in [1.54, 1.807) is 12.1 Å². The Kier molecular flexibility index (Phi) is 5.76. The van der Waals surface area contributed by atoms with Gasteiger partial charge in [0.2, 0.25) is 10.0 Å². The van der Waals surface area contributed by atoms with Crippen LogP contribution in [0.15, 0.2) is 40.3 Å². The van der Waals surface area contributed by atoms with Crippen molar-refractivity contribution in [3.63, 3.8) is 0 Å². The van der Waals surface area contributed by atoms with E-state index in [9.17, 15) is 18.3 Å². The number of nitrogens with two attached hydrogens (primary N) is 1. The van der Waals surface area contributed by atoms with E-state index in [0.717, 1.165) is 16.7 Å². The van der Waals surface area contributed by atoms with Crippen molar-refractivity contribution in [1.29, 1.82) is 0 Å². The summed E-state index contributed by atoms with van der Waals surface area (Å²) in [6, 6.07) is 6.25. The molecule has 1 aromatic carbocycles. The summed E-state index contributed by atoms with van der Waals surface area (Å²) in [4.78, 5) is 13.6. The molecule has 1 atom stereocenters. The SMILES string of the molecule is CCC1=C(C)CN([C@H](O)NCCc2ccc(S(N)(=O)=O)cc2)C1=O. The second-order valence-corrected chi connectivity index (χ2v) is 7.37. The number of primary sulfonamides is 1. The molecule has 8 heteroatoms. The largest absolute Gasteiger partial charge is 0.361 e. The maximum Gasteiger partial charge on any atom is 0.253 e. The molecule has 132 valence electrons. The van der Waals surface area contributed by atoms with Crippen molar-refractivity contribution in [2.24, 2.45) is 5.14 Å². The van der Waals surface area contributed by atoms with Gasteiger partial charge in [-0.3, -0.25) is 15.0 Å². The molecule has 0 fully saturated rings. The molecule has 1 aromatic rings. The van der Waals surface area contributed by atoms with E-state index in [2.05, 4.69) is 5.32 Å². The molecule has 1 aliphatic heterocycles. The Morgan fingerprint density at radius 2 is 1.96 bits per heavy atom. The van der Waals surface area contributed by atoms with Gasteiger partial charge < -0.3 is 5.11 Å². The first-order chi connectivity index (χ1) is 11.2. The molecule has 0 saturated heterocycles. The van der Waals surface area contributed by atoms with Gasteiger partial charge in [0.25, 0.3) is 5.91 Å². The van der Waals surface area contributed by atoms with Gasteiger partial charge in [0.15, 0.2) is 6.35 Å². The highest BCUT2D eigenvalue weighted by Crippen LogP contribution is 2.22. The highest BCUT2D eigenvalue weighted by atomic mass is 32.2. The minimum Gasteiger partial charge on any atom is -0.361 e. The predicted octanol–water partition coefficient (Wildman–Crippen LogP) is 0.311.